The van der Waals surface area contributed by atoms with Crippen molar-refractivity contribution in [1.29, 1.82) is 0 Å². The summed E-state index contributed by atoms with van der Waals surface area (Å²) in [6.07, 6.45) is 2.55. The van der Waals surface area contributed by atoms with Crippen molar-refractivity contribution in [3.63, 3.8) is 0 Å². The Morgan fingerprint density at radius 2 is 1.52 bits per heavy atom. The van der Waals surface area contributed by atoms with E-state index >= 15 is 0 Å². The van der Waals surface area contributed by atoms with E-state index in [-0.39, 0.29) is 5.75 Å². The highest BCUT2D eigenvalue weighted by Gasteiger charge is 2.12. The predicted octanol–water partition coefficient (Wildman–Crippen LogP) is 6.12. The van der Waals surface area contributed by atoms with Crippen LogP contribution < -0.4 is 9.47 Å². The van der Waals surface area contributed by atoms with Crippen LogP contribution in [-0.2, 0) is 11.2 Å². The molecule has 5 heteroatoms. The summed E-state index contributed by atoms with van der Waals surface area (Å²) in [6, 6.07) is 23.3. The molecule has 33 heavy (non-hydrogen) atoms. The molecule has 0 bridgehead atoms. The van der Waals surface area contributed by atoms with Crippen LogP contribution in [0, 0.1) is 5.92 Å². The molecule has 0 radical (unpaired) electrons. The van der Waals surface area contributed by atoms with Gasteiger partial charge in [0.15, 0.2) is 0 Å². The quantitative estimate of drug-likeness (QED) is 0.202. The zero-order valence-corrected chi connectivity index (χ0v) is 19.2. The molecule has 0 saturated carbocycles. The summed E-state index contributed by atoms with van der Waals surface area (Å²) in [6.45, 7) is 5.24. The number of aryl methyl sites for hydroxylation is 1. The average Bonchev–Trinajstić information content (AvgIpc) is 2.83. The molecule has 3 rings (SSSR count). The van der Waals surface area contributed by atoms with Crippen LogP contribution in [0.2, 0.25) is 0 Å². The highest BCUT2D eigenvalue weighted by atomic mass is 16.5. The monoisotopic (exact) mass is 446 g/mol. The summed E-state index contributed by atoms with van der Waals surface area (Å²) in [5, 5.41) is 0. The Hall–Kier alpha value is -3.60. The van der Waals surface area contributed by atoms with Crippen molar-refractivity contribution in [3.8, 4) is 11.5 Å². The first kappa shape index (κ1) is 24.1. The highest BCUT2D eigenvalue weighted by molar-refractivity contribution is 5.92. The highest BCUT2D eigenvalue weighted by Crippen LogP contribution is 2.18. The summed E-state index contributed by atoms with van der Waals surface area (Å²) in [5.74, 6) is 0.628. The second-order valence-electron chi connectivity index (χ2n) is 8.20. The lowest BCUT2D eigenvalue weighted by molar-refractivity contribution is 0.0498. The van der Waals surface area contributed by atoms with Gasteiger partial charge in [-0.15, -0.1) is 0 Å². The number of benzene rings is 3. The van der Waals surface area contributed by atoms with E-state index in [1.165, 1.54) is 11.6 Å². The summed E-state index contributed by atoms with van der Waals surface area (Å²) in [7, 11) is 0. The van der Waals surface area contributed by atoms with Crippen LogP contribution in [0.25, 0.3) is 0 Å². The van der Waals surface area contributed by atoms with Gasteiger partial charge in [-0.3, -0.25) is 0 Å². The normalized spacial score (nSPS) is 10.6. The molecule has 0 amide bonds. The van der Waals surface area contributed by atoms with Crippen molar-refractivity contribution in [2.75, 3.05) is 13.2 Å². The second kappa shape index (κ2) is 12.4. The third kappa shape index (κ3) is 8.11. The van der Waals surface area contributed by atoms with Crippen molar-refractivity contribution in [2.24, 2.45) is 5.92 Å². The largest absolute Gasteiger partial charge is 0.494 e. The maximum absolute atomic E-state index is 12.5. The molecule has 3 aromatic carbocycles. The van der Waals surface area contributed by atoms with E-state index in [0.717, 1.165) is 19.3 Å². The average molecular weight is 447 g/mol. The lowest BCUT2D eigenvalue weighted by atomic mass is 10.1. The first-order valence-electron chi connectivity index (χ1n) is 11.3. The van der Waals surface area contributed by atoms with Crippen LogP contribution in [0.1, 0.15) is 53.0 Å². The first-order chi connectivity index (χ1) is 16.0. The van der Waals surface area contributed by atoms with Gasteiger partial charge in [0.25, 0.3) is 0 Å². The predicted molar refractivity (Wildman–Crippen MR) is 128 cm³/mol. The Morgan fingerprint density at radius 3 is 2.24 bits per heavy atom. The van der Waals surface area contributed by atoms with E-state index in [2.05, 4.69) is 13.8 Å². The van der Waals surface area contributed by atoms with Gasteiger partial charge in [-0.05, 0) is 73.2 Å². The zero-order chi connectivity index (χ0) is 23.5. The molecule has 0 spiro atoms. The minimum atomic E-state index is -0.503. The first-order valence-corrected chi connectivity index (χ1v) is 11.3. The summed E-state index contributed by atoms with van der Waals surface area (Å²) < 4.78 is 16.5. The topological polar surface area (TPSA) is 61.8 Å². The van der Waals surface area contributed by atoms with Crippen molar-refractivity contribution < 1.29 is 23.8 Å². The van der Waals surface area contributed by atoms with Crippen LogP contribution in [0.4, 0.5) is 0 Å². The molecule has 0 N–H and O–H groups in total. The van der Waals surface area contributed by atoms with Crippen molar-refractivity contribution in [2.45, 2.75) is 33.1 Å². The van der Waals surface area contributed by atoms with Crippen molar-refractivity contribution in [3.05, 3.63) is 95.6 Å². The fraction of sp³-hybridized carbons (Fsp3) is 0.286. The van der Waals surface area contributed by atoms with E-state index in [9.17, 15) is 9.59 Å². The minimum absolute atomic E-state index is 0.288. The van der Waals surface area contributed by atoms with E-state index in [4.69, 9.17) is 14.2 Å². The van der Waals surface area contributed by atoms with E-state index < -0.39 is 11.9 Å². The molecule has 172 valence electrons. The van der Waals surface area contributed by atoms with E-state index in [0.29, 0.717) is 36.0 Å². The zero-order valence-electron chi connectivity index (χ0n) is 19.2. The maximum Gasteiger partial charge on any atom is 0.343 e. The fourth-order valence-corrected chi connectivity index (χ4v) is 3.12. The lowest BCUT2D eigenvalue weighted by Gasteiger charge is -2.09. The molecule has 5 nitrogen and oxygen atoms in total. The van der Waals surface area contributed by atoms with Crippen LogP contribution in [0.15, 0.2) is 78.9 Å². The SMILES string of the molecule is CC(C)CCOc1ccc(C(=O)Oc2cccc(C(=O)OCCCc3ccccc3)c2)cc1. The summed E-state index contributed by atoms with van der Waals surface area (Å²) >= 11 is 0. The molecule has 0 fully saturated rings. The Bertz CT molecular complexity index is 1030. The molecule has 0 atom stereocenters. The Morgan fingerprint density at radius 1 is 0.758 bits per heavy atom. The van der Waals surface area contributed by atoms with Gasteiger partial charge in [-0.25, -0.2) is 9.59 Å². The van der Waals surface area contributed by atoms with Crippen molar-refractivity contribution >= 4 is 11.9 Å². The fourth-order valence-electron chi connectivity index (χ4n) is 3.12. The van der Waals surface area contributed by atoms with Gasteiger partial charge < -0.3 is 14.2 Å². The standard InChI is InChI=1S/C28H30O5/c1-21(2)17-19-31-25-15-13-23(14-16-25)28(30)33-26-12-6-11-24(20-26)27(29)32-18-7-10-22-8-4-3-5-9-22/h3-6,8-9,11-16,20-21H,7,10,17-19H2,1-2H3. The number of hydrogen-bond donors (Lipinski definition) is 0. The van der Waals surface area contributed by atoms with Gasteiger partial charge in [-0.1, -0.05) is 50.2 Å². The van der Waals surface area contributed by atoms with E-state index in [1.54, 1.807) is 42.5 Å². The van der Waals surface area contributed by atoms with Gasteiger partial charge in [0.2, 0.25) is 0 Å². The van der Waals surface area contributed by atoms with Gasteiger partial charge in [0.05, 0.1) is 24.3 Å². The Kier molecular flexibility index (Phi) is 9.07. The van der Waals surface area contributed by atoms with Gasteiger partial charge >= 0.3 is 11.9 Å². The molecular weight excluding hydrogens is 416 g/mol. The molecule has 0 aliphatic rings. The summed E-state index contributed by atoms with van der Waals surface area (Å²) in [4.78, 5) is 24.8. The number of carbonyl (C=O) groups is 2. The van der Waals surface area contributed by atoms with Gasteiger partial charge in [-0.2, -0.15) is 0 Å². The Labute approximate surface area is 195 Å². The number of ether oxygens (including phenoxy) is 3. The van der Waals surface area contributed by atoms with Crippen LogP contribution >= 0.6 is 0 Å². The molecular formula is C28H30O5. The molecule has 0 heterocycles. The number of carbonyl (C=O) groups excluding carboxylic acids is 2. The number of esters is 2. The van der Waals surface area contributed by atoms with E-state index in [1.807, 2.05) is 30.3 Å². The third-order valence-corrected chi connectivity index (χ3v) is 5.02. The van der Waals surface area contributed by atoms with Crippen molar-refractivity contribution in [1.82, 2.24) is 0 Å². The number of rotatable bonds is 11. The minimum Gasteiger partial charge on any atom is -0.494 e. The van der Waals surface area contributed by atoms with Crippen LogP contribution in [-0.4, -0.2) is 25.2 Å². The molecule has 3 aromatic rings. The van der Waals surface area contributed by atoms with Gasteiger partial charge in [0, 0.05) is 0 Å². The second-order valence-corrected chi connectivity index (χ2v) is 8.20. The third-order valence-electron chi connectivity index (χ3n) is 5.02. The molecule has 0 saturated heterocycles. The summed E-state index contributed by atoms with van der Waals surface area (Å²) in [5.41, 5.74) is 1.95. The molecule has 0 aromatic heterocycles. The maximum atomic E-state index is 12.5. The van der Waals surface area contributed by atoms with Gasteiger partial charge in [0.1, 0.15) is 11.5 Å². The molecule has 0 aliphatic heterocycles. The molecule has 0 unspecified atom stereocenters. The lowest BCUT2D eigenvalue weighted by Crippen LogP contribution is -2.10. The molecule has 0 aliphatic carbocycles. The Balaban J connectivity index is 1.48. The number of hydrogen-bond acceptors (Lipinski definition) is 5. The van der Waals surface area contributed by atoms with Crippen LogP contribution in [0.3, 0.4) is 0 Å². The smallest absolute Gasteiger partial charge is 0.343 e. The van der Waals surface area contributed by atoms with Crippen LogP contribution in [0.5, 0.6) is 11.5 Å².